The van der Waals surface area contributed by atoms with Crippen LogP contribution in [0.2, 0.25) is 0 Å². The molecule has 28 heavy (non-hydrogen) atoms. The van der Waals surface area contributed by atoms with Crippen molar-refractivity contribution in [2.24, 2.45) is 5.92 Å². The number of methoxy groups -OCH3 is 2. The Morgan fingerprint density at radius 3 is 2.46 bits per heavy atom. The highest BCUT2D eigenvalue weighted by Crippen LogP contribution is 2.35. The first-order valence-electron chi connectivity index (χ1n) is 10.3. The number of amides is 2. The van der Waals surface area contributed by atoms with Gasteiger partial charge >= 0.3 is 0 Å². The van der Waals surface area contributed by atoms with Crippen molar-refractivity contribution >= 4 is 11.8 Å². The van der Waals surface area contributed by atoms with Crippen molar-refractivity contribution in [1.82, 2.24) is 9.80 Å². The highest BCUT2D eigenvalue weighted by atomic mass is 16.5. The molecule has 2 aliphatic rings. The van der Waals surface area contributed by atoms with Gasteiger partial charge in [0.2, 0.25) is 5.91 Å². The number of hydrogen-bond acceptors (Lipinski definition) is 4. The van der Waals surface area contributed by atoms with E-state index in [-0.39, 0.29) is 23.8 Å². The largest absolute Gasteiger partial charge is 0.497 e. The summed E-state index contributed by atoms with van der Waals surface area (Å²) in [6.07, 6.45) is 6.87. The van der Waals surface area contributed by atoms with E-state index in [2.05, 4.69) is 0 Å². The van der Waals surface area contributed by atoms with Gasteiger partial charge < -0.3 is 19.3 Å². The van der Waals surface area contributed by atoms with Gasteiger partial charge in [0.05, 0.1) is 25.7 Å². The van der Waals surface area contributed by atoms with Crippen LogP contribution < -0.4 is 9.47 Å². The van der Waals surface area contributed by atoms with Crippen molar-refractivity contribution in [1.29, 1.82) is 0 Å². The van der Waals surface area contributed by atoms with Gasteiger partial charge in [-0.15, -0.1) is 0 Å². The van der Waals surface area contributed by atoms with Gasteiger partial charge in [-0.05, 0) is 37.8 Å². The molecular weight excluding hydrogens is 356 g/mol. The molecule has 1 heterocycles. The van der Waals surface area contributed by atoms with Crippen molar-refractivity contribution < 1.29 is 19.1 Å². The fourth-order valence-electron chi connectivity index (χ4n) is 4.53. The second kappa shape index (κ2) is 9.30. The van der Waals surface area contributed by atoms with Crippen LogP contribution in [0.4, 0.5) is 0 Å². The number of ether oxygens (including phenoxy) is 2. The number of fused-ring (bicyclic) bond motifs is 1. The second-order valence-corrected chi connectivity index (χ2v) is 7.84. The summed E-state index contributed by atoms with van der Waals surface area (Å²) in [5.41, 5.74) is 0.532. The smallest absolute Gasteiger partial charge is 0.257 e. The average molecular weight is 389 g/mol. The van der Waals surface area contributed by atoms with Crippen LogP contribution in [0.3, 0.4) is 0 Å². The minimum Gasteiger partial charge on any atom is -0.497 e. The lowest BCUT2D eigenvalue weighted by molar-refractivity contribution is -0.135. The maximum atomic E-state index is 13.5. The van der Waals surface area contributed by atoms with Crippen molar-refractivity contribution in [3.05, 3.63) is 23.8 Å². The first-order chi connectivity index (χ1) is 13.6. The Balaban J connectivity index is 1.92. The summed E-state index contributed by atoms with van der Waals surface area (Å²) in [5.74, 6) is 1.20. The number of nitrogens with zero attached hydrogens (tertiary/aromatic N) is 2. The number of benzene rings is 1. The Kier molecular flexibility index (Phi) is 6.81. The molecule has 1 aliphatic heterocycles. The van der Waals surface area contributed by atoms with Crippen LogP contribution in [-0.4, -0.2) is 62.0 Å². The summed E-state index contributed by atoms with van der Waals surface area (Å²) in [6.45, 7) is 1.49. The van der Waals surface area contributed by atoms with Gasteiger partial charge in [0.1, 0.15) is 11.5 Å². The Hall–Kier alpha value is -2.24. The van der Waals surface area contributed by atoms with Crippen molar-refractivity contribution in [3.8, 4) is 11.5 Å². The Morgan fingerprint density at radius 2 is 1.75 bits per heavy atom. The third-order valence-electron chi connectivity index (χ3n) is 6.12. The van der Waals surface area contributed by atoms with E-state index in [1.54, 1.807) is 32.4 Å². The van der Waals surface area contributed by atoms with Crippen molar-refractivity contribution in [2.75, 3.05) is 34.4 Å². The Bertz CT molecular complexity index is 706. The SMILES string of the molecule is COc1ccc(C(=O)N2CCCCCCN(C)C(=O)[C@@H]3CCC[C@@H]32)c(OC)c1. The van der Waals surface area contributed by atoms with E-state index in [1.807, 2.05) is 16.8 Å². The second-order valence-electron chi connectivity index (χ2n) is 7.84. The fourth-order valence-corrected chi connectivity index (χ4v) is 4.53. The molecule has 0 bridgehead atoms. The first-order valence-corrected chi connectivity index (χ1v) is 10.3. The maximum Gasteiger partial charge on any atom is 0.257 e. The van der Waals surface area contributed by atoms with Gasteiger partial charge in [-0.2, -0.15) is 0 Å². The molecule has 0 N–H and O–H groups in total. The van der Waals surface area contributed by atoms with Gasteiger partial charge in [-0.1, -0.05) is 19.3 Å². The summed E-state index contributed by atoms with van der Waals surface area (Å²) in [7, 11) is 5.05. The van der Waals surface area contributed by atoms with Gasteiger partial charge in [-0.3, -0.25) is 9.59 Å². The molecule has 1 aromatic rings. The highest BCUT2D eigenvalue weighted by molar-refractivity contribution is 5.97. The molecule has 1 aromatic carbocycles. The monoisotopic (exact) mass is 388 g/mol. The lowest BCUT2D eigenvalue weighted by Gasteiger charge is -2.34. The van der Waals surface area contributed by atoms with Gasteiger partial charge in [-0.25, -0.2) is 0 Å². The van der Waals surface area contributed by atoms with E-state index in [0.29, 0.717) is 23.6 Å². The minimum atomic E-state index is -0.101. The molecular formula is C22H32N2O4. The minimum absolute atomic E-state index is 0.0349. The van der Waals surface area contributed by atoms with Crippen LogP contribution in [0.15, 0.2) is 18.2 Å². The molecule has 3 rings (SSSR count). The number of carbonyl (C=O) groups is 2. The van der Waals surface area contributed by atoms with E-state index >= 15 is 0 Å². The van der Waals surface area contributed by atoms with Crippen LogP contribution in [0.25, 0.3) is 0 Å². The molecule has 2 amide bonds. The molecule has 1 saturated carbocycles. The topological polar surface area (TPSA) is 59.1 Å². The first kappa shape index (κ1) is 20.5. The van der Waals surface area contributed by atoms with E-state index in [4.69, 9.17) is 9.47 Å². The van der Waals surface area contributed by atoms with Gasteiger partial charge in [0.25, 0.3) is 5.91 Å². The van der Waals surface area contributed by atoms with Crippen LogP contribution in [0.5, 0.6) is 11.5 Å². The molecule has 0 aromatic heterocycles. The fraction of sp³-hybridized carbons (Fsp3) is 0.636. The zero-order valence-corrected chi connectivity index (χ0v) is 17.3. The third kappa shape index (κ3) is 4.26. The predicted molar refractivity (Wildman–Crippen MR) is 108 cm³/mol. The molecule has 6 nitrogen and oxygen atoms in total. The zero-order valence-electron chi connectivity index (χ0n) is 17.3. The third-order valence-corrected chi connectivity index (χ3v) is 6.12. The Morgan fingerprint density at radius 1 is 1.00 bits per heavy atom. The summed E-state index contributed by atoms with van der Waals surface area (Å²) in [5, 5.41) is 0. The van der Waals surface area contributed by atoms with Crippen LogP contribution >= 0.6 is 0 Å². The summed E-state index contributed by atoms with van der Waals surface area (Å²) < 4.78 is 10.7. The van der Waals surface area contributed by atoms with Crippen molar-refractivity contribution in [3.63, 3.8) is 0 Å². The quantitative estimate of drug-likeness (QED) is 0.797. The number of rotatable bonds is 3. The average Bonchev–Trinajstić information content (AvgIpc) is 3.19. The zero-order chi connectivity index (χ0) is 20.1. The number of carbonyl (C=O) groups excluding carboxylic acids is 2. The number of hydrogen-bond donors (Lipinski definition) is 0. The highest BCUT2D eigenvalue weighted by Gasteiger charge is 2.40. The van der Waals surface area contributed by atoms with Gasteiger partial charge in [0, 0.05) is 32.2 Å². The van der Waals surface area contributed by atoms with E-state index in [0.717, 1.165) is 51.5 Å². The Labute approximate surface area is 167 Å². The van der Waals surface area contributed by atoms with Crippen LogP contribution in [0.1, 0.15) is 55.3 Å². The van der Waals surface area contributed by atoms with E-state index in [9.17, 15) is 9.59 Å². The van der Waals surface area contributed by atoms with Crippen LogP contribution in [0, 0.1) is 5.92 Å². The lowest BCUT2D eigenvalue weighted by atomic mass is 9.98. The van der Waals surface area contributed by atoms with Gasteiger partial charge in [0.15, 0.2) is 0 Å². The molecule has 154 valence electrons. The molecule has 0 spiro atoms. The molecule has 2 fully saturated rings. The summed E-state index contributed by atoms with van der Waals surface area (Å²) >= 11 is 0. The maximum absolute atomic E-state index is 13.5. The molecule has 2 atom stereocenters. The van der Waals surface area contributed by atoms with E-state index in [1.165, 1.54) is 0 Å². The summed E-state index contributed by atoms with van der Waals surface area (Å²) in [6, 6.07) is 5.26. The van der Waals surface area contributed by atoms with Crippen LogP contribution in [-0.2, 0) is 4.79 Å². The summed E-state index contributed by atoms with van der Waals surface area (Å²) in [4.78, 5) is 30.4. The molecule has 1 aliphatic carbocycles. The predicted octanol–water partition coefficient (Wildman–Crippen LogP) is 3.35. The molecule has 0 unspecified atom stereocenters. The van der Waals surface area contributed by atoms with E-state index < -0.39 is 0 Å². The molecule has 0 radical (unpaired) electrons. The van der Waals surface area contributed by atoms with Crippen molar-refractivity contribution in [2.45, 2.75) is 51.0 Å². The molecule has 1 saturated heterocycles. The normalized spacial score (nSPS) is 23.8. The standard InChI is InChI=1S/C22H32N2O4/c1-23-13-6-4-5-7-14-24(19-10-8-9-17(19)21(23)25)22(26)18-12-11-16(27-2)15-20(18)28-3/h11-12,15,17,19H,4-10,13-14H2,1-3H3/t17-,19+/m1/s1. The molecule has 6 heteroatoms. The lowest BCUT2D eigenvalue weighted by Crippen LogP contribution is -2.47.